The van der Waals surface area contributed by atoms with Gasteiger partial charge in [-0.25, -0.2) is 17.6 Å². The van der Waals surface area contributed by atoms with Crippen LogP contribution in [0.1, 0.15) is 12.5 Å². The van der Waals surface area contributed by atoms with Crippen molar-refractivity contribution >= 4 is 21.1 Å². The van der Waals surface area contributed by atoms with Gasteiger partial charge in [0.1, 0.15) is 5.82 Å². The van der Waals surface area contributed by atoms with Crippen LogP contribution in [-0.4, -0.2) is 28.4 Å². The summed E-state index contributed by atoms with van der Waals surface area (Å²) < 4.78 is 44.1. The van der Waals surface area contributed by atoms with E-state index in [2.05, 4.69) is 0 Å². The zero-order valence-electron chi connectivity index (χ0n) is 14.8. The lowest BCUT2D eigenvalue weighted by molar-refractivity contribution is 0.415. The van der Waals surface area contributed by atoms with Gasteiger partial charge in [-0.05, 0) is 24.3 Å². The summed E-state index contributed by atoms with van der Waals surface area (Å²) in [6.07, 6.45) is 0. The van der Waals surface area contributed by atoms with Crippen LogP contribution in [0, 0.1) is 5.82 Å². The average Bonchev–Trinajstić information content (AvgIpc) is 2.85. The van der Waals surface area contributed by atoms with E-state index in [1.54, 1.807) is 45.3 Å². The zero-order valence-corrected chi connectivity index (χ0v) is 15.6. The molecule has 0 atom stereocenters. The average molecular weight is 377 g/mol. The van der Waals surface area contributed by atoms with Gasteiger partial charge in [0.05, 0.1) is 15.9 Å². The number of hydrogen-bond donors (Lipinski definition) is 0. The van der Waals surface area contributed by atoms with Gasteiger partial charge in [-0.1, -0.05) is 25.1 Å². The highest BCUT2D eigenvalue weighted by molar-refractivity contribution is 7.89. The van der Waals surface area contributed by atoms with Crippen molar-refractivity contribution in [2.45, 2.75) is 18.4 Å². The number of benzene rings is 2. The molecule has 0 fully saturated rings. The van der Waals surface area contributed by atoms with Gasteiger partial charge in [-0.15, -0.1) is 0 Å². The molecule has 0 saturated heterocycles. The molecule has 1 aromatic heterocycles. The zero-order chi connectivity index (χ0) is 19.1. The first kappa shape index (κ1) is 18.3. The van der Waals surface area contributed by atoms with Gasteiger partial charge in [0.25, 0.3) is 0 Å². The number of aryl methyl sites for hydroxylation is 2. The predicted molar refractivity (Wildman–Crippen MR) is 97.8 cm³/mol. The molecule has 0 amide bonds. The standard InChI is InChI=1S/C18H20FN3O3S/c1-4-22(12-13-7-5-6-8-15(13)19)26(24,25)14-9-10-16-17(11-14)21(3)18(23)20(16)2/h5-11H,4,12H2,1-3H3. The van der Waals surface area contributed by atoms with Crippen molar-refractivity contribution in [1.29, 1.82) is 0 Å². The molecule has 2 aromatic carbocycles. The first-order valence-electron chi connectivity index (χ1n) is 8.16. The minimum absolute atomic E-state index is 0.0583. The van der Waals surface area contributed by atoms with E-state index in [0.29, 0.717) is 16.6 Å². The minimum atomic E-state index is -3.84. The summed E-state index contributed by atoms with van der Waals surface area (Å²) in [5.74, 6) is -0.443. The fourth-order valence-electron chi connectivity index (χ4n) is 2.98. The Balaban J connectivity index is 2.06. The number of rotatable bonds is 5. The molecule has 1 heterocycles. The van der Waals surface area contributed by atoms with Crippen LogP contribution in [0.4, 0.5) is 4.39 Å². The van der Waals surface area contributed by atoms with E-state index in [9.17, 15) is 17.6 Å². The Morgan fingerprint density at radius 3 is 2.35 bits per heavy atom. The lowest BCUT2D eigenvalue weighted by Crippen LogP contribution is -2.30. The number of imidazole rings is 1. The van der Waals surface area contributed by atoms with Crippen LogP contribution >= 0.6 is 0 Å². The molecule has 0 spiro atoms. The summed E-state index contributed by atoms with van der Waals surface area (Å²) in [4.78, 5) is 12.1. The van der Waals surface area contributed by atoms with Crippen molar-refractivity contribution in [3.63, 3.8) is 0 Å². The van der Waals surface area contributed by atoms with Crippen molar-refractivity contribution in [3.8, 4) is 0 Å². The molecule has 0 radical (unpaired) electrons. The van der Waals surface area contributed by atoms with Crippen molar-refractivity contribution in [3.05, 3.63) is 64.3 Å². The summed E-state index contributed by atoms with van der Waals surface area (Å²) >= 11 is 0. The molecule has 0 saturated carbocycles. The summed E-state index contributed by atoms with van der Waals surface area (Å²) in [7, 11) is -0.606. The predicted octanol–water partition coefficient (Wildman–Crippen LogP) is 2.23. The quantitative estimate of drug-likeness (QED) is 0.685. The van der Waals surface area contributed by atoms with Crippen LogP contribution in [0.2, 0.25) is 0 Å². The molecule has 138 valence electrons. The molecule has 0 bridgehead atoms. The third-order valence-corrected chi connectivity index (χ3v) is 6.46. The van der Waals surface area contributed by atoms with E-state index in [1.165, 1.54) is 31.6 Å². The van der Waals surface area contributed by atoms with Crippen LogP contribution in [-0.2, 0) is 30.7 Å². The molecule has 3 aromatic rings. The van der Waals surface area contributed by atoms with Gasteiger partial charge in [0.15, 0.2) is 0 Å². The first-order valence-corrected chi connectivity index (χ1v) is 9.60. The van der Waals surface area contributed by atoms with E-state index in [0.717, 1.165) is 0 Å². The third-order valence-electron chi connectivity index (χ3n) is 4.54. The van der Waals surface area contributed by atoms with Crippen LogP contribution in [0.15, 0.2) is 52.2 Å². The molecule has 0 aliphatic rings. The van der Waals surface area contributed by atoms with E-state index >= 15 is 0 Å². The molecule has 8 heteroatoms. The fraction of sp³-hybridized carbons (Fsp3) is 0.278. The van der Waals surface area contributed by atoms with Crippen molar-refractivity contribution < 1.29 is 12.8 Å². The summed E-state index contributed by atoms with van der Waals surface area (Å²) in [6, 6.07) is 10.7. The van der Waals surface area contributed by atoms with Gasteiger partial charge >= 0.3 is 5.69 Å². The molecule has 0 aliphatic carbocycles. The molecule has 0 unspecified atom stereocenters. The van der Waals surface area contributed by atoms with E-state index in [-0.39, 0.29) is 23.7 Å². The van der Waals surface area contributed by atoms with Crippen LogP contribution in [0.5, 0.6) is 0 Å². The van der Waals surface area contributed by atoms with Crippen LogP contribution in [0.25, 0.3) is 11.0 Å². The lowest BCUT2D eigenvalue weighted by atomic mass is 10.2. The summed E-state index contributed by atoms with van der Waals surface area (Å²) in [5, 5.41) is 0. The first-order chi connectivity index (χ1) is 12.3. The molecule has 3 rings (SSSR count). The second-order valence-corrected chi connectivity index (χ2v) is 8.01. The number of hydrogen-bond acceptors (Lipinski definition) is 3. The Kier molecular flexibility index (Phi) is 4.72. The highest BCUT2D eigenvalue weighted by Crippen LogP contribution is 2.23. The highest BCUT2D eigenvalue weighted by atomic mass is 32.2. The second kappa shape index (κ2) is 6.69. The molecular weight excluding hydrogens is 357 g/mol. The van der Waals surface area contributed by atoms with Gasteiger partial charge in [-0.2, -0.15) is 4.31 Å². The lowest BCUT2D eigenvalue weighted by Gasteiger charge is -2.21. The maximum atomic E-state index is 13.9. The number of fused-ring (bicyclic) bond motifs is 1. The third kappa shape index (κ3) is 2.95. The molecule has 26 heavy (non-hydrogen) atoms. The minimum Gasteiger partial charge on any atom is -0.295 e. The number of halogens is 1. The maximum Gasteiger partial charge on any atom is 0.328 e. The SMILES string of the molecule is CCN(Cc1ccccc1F)S(=O)(=O)c1ccc2c(c1)n(C)c(=O)n2C. The largest absolute Gasteiger partial charge is 0.328 e. The van der Waals surface area contributed by atoms with E-state index in [1.807, 2.05) is 0 Å². The van der Waals surface area contributed by atoms with Crippen LogP contribution in [0.3, 0.4) is 0 Å². The molecule has 0 N–H and O–H groups in total. The number of aromatic nitrogens is 2. The van der Waals surface area contributed by atoms with Crippen molar-refractivity contribution in [1.82, 2.24) is 13.4 Å². The smallest absolute Gasteiger partial charge is 0.295 e. The fourth-order valence-corrected chi connectivity index (χ4v) is 4.43. The Hall–Kier alpha value is -2.45. The van der Waals surface area contributed by atoms with Gasteiger partial charge < -0.3 is 0 Å². The second-order valence-electron chi connectivity index (χ2n) is 6.07. The Labute approximate surface area is 151 Å². The maximum absolute atomic E-state index is 13.9. The molecule has 0 aliphatic heterocycles. The van der Waals surface area contributed by atoms with Gasteiger partial charge in [0.2, 0.25) is 10.0 Å². The highest BCUT2D eigenvalue weighted by Gasteiger charge is 2.25. The normalized spacial score (nSPS) is 12.2. The number of sulfonamides is 1. The Morgan fingerprint density at radius 2 is 1.69 bits per heavy atom. The summed E-state index contributed by atoms with van der Waals surface area (Å²) in [6.45, 7) is 1.84. The van der Waals surface area contributed by atoms with Crippen molar-refractivity contribution in [2.24, 2.45) is 14.1 Å². The van der Waals surface area contributed by atoms with E-state index < -0.39 is 15.8 Å². The topological polar surface area (TPSA) is 64.3 Å². The molecule has 6 nitrogen and oxygen atoms in total. The van der Waals surface area contributed by atoms with Gasteiger partial charge in [-0.3, -0.25) is 9.13 Å². The summed E-state index contributed by atoms with van der Waals surface area (Å²) in [5.41, 5.74) is 1.26. The van der Waals surface area contributed by atoms with E-state index in [4.69, 9.17) is 0 Å². The Bertz CT molecular complexity index is 1130. The monoisotopic (exact) mass is 377 g/mol. The Morgan fingerprint density at radius 1 is 1.04 bits per heavy atom. The molecular formula is C18H20FN3O3S. The van der Waals surface area contributed by atoms with Crippen LogP contribution < -0.4 is 5.69 Å². The number of nitrogens with zero attached hydrogens (tertiary/aromatic N) is 3. The van der Waals surface area contributed by atoms with Gasteiger partial charge in [0, 0.05) is 32.7 Å². The van der Waals surface area contributed by atoms with Crippen molar-refractivity contribution in [2.75, 3.05) is 6.54 Å².